The molecule has 1 aliphatic heterocycles. The fourth-order valence-corrected chi connectivity index (χ4v) is 3.22. The van der Waals surface area contributed by atoms with E-state index in [-0.39, 0.29) is 24.4 Å². The number of piperazine rings is 1. The predicted octanol–water partition coefficient (Wildman–Crippen LogP) is 2.71. The Bertz CT molecular complexity index is 567. The fourth-order valence-electron chi connectivity index (χ4n) is 2.51. The van der Waals surface area contributed by atoms with E-state index in [4.69, 9.17) is 5.26 Å². The maximum Gasteiger partial charge on any atom is 0.245 e. The highest BCUT2D eigenvalue weighted by Crippen LogP contribution is 2.31. The first-order valence-electron chi connectivity index (χ1n) is 6.62. The van der Waals surface area contributed by atoms with Crippen molar-refractivity contribution in [2.24, 2.45) is 0 Å². The van der Waals surface area contributed by atoms with E-state index in [9.17, 15) is 4.79 Å². The van der Waals surface area contributed by atoms with Crippen LogP contribution in [0.25, 0.3) is 0 Å². The number of aryl methyl sites for hydroxylation is 1. The summed E-state index contributed by atoms with van der Waals surface area (Å²) in [6, 6.07) is 7.93. The summed E-state index contributed by atoms with van der Waals surface area (Å²) in [6.45, 7) is 4.73. The summed E-state index contributed by atoms with van der Waals surface area (Å²) in [5.74, 6) is -0.00305. The normalized spacial score (nSPS) is 23.8. The summed E-state index contributed by atoms with van der Waals surface area (Å²) >= 11 is 3.53. The highest BCUT2D eigenvalue weighted by atomic mass is 79.9. The van der Waals surface area contributed by atoms with Crippen molar-refractivity contribution in [1.82, 2.24) is 4.90 Å². The van der Waals surface area contributed by atoms with Gasteiger partial charge in [0.25, 0.3) is 0 Å². The van der Waals surface area contributed by atoms with Crippen LogP contribution in [0.5, 0.6) is 0 Å². The minimum atomic E-state index is -0.364. The molecule has 0 spiro atoms. The van der Waals surface area contributed by atoms with E-state index in [0.717, 1.165) is 15.7 Å². The number of anilines is 1. The number of carbonyl (C=O) groups excluding carboxylic acids is 1. The minimum absolute atomic E-state index is 0.00305. The second-order valence-corrected chi connectivity index (χ2v) is 6.15. The number of rotatable bonds is 2. The van der Waals surface area contributed by atoms with E-state index in [0.29, 0.717) is 6.54 Å². The van der Waals surface area contributed by atoms with Gasteiger partial charge in [0, 0.05) is 17.1 Å². The largest absolute Gasteiger partial charge is 0.308 e. The molecule has 2 atom stereocenters. The predicted molar refractivity (Wildman–Crippen MR) is 82.5 cm³/mol. The van der Waals surface area contributed by atoms with Gasteiger partial charge < -0.3 is 4.90 Å². The molecule has 0 saturated carbocycles. The smallest absolute Gasteiger partial charge is 0.245 e. The van der Waals surface area contributed by atoms with Gasteiger partial charge >= 0.3 is 0 Å². The van der Waals surface area contributed by atoms with Crippen LogP contribution in [0, 0.1) is 18.3 Å². The number of nitrogens with zero attached hydrogens (tertiary/aromatic N) is 3. The average molecular weight is 336 g/mol. The maximum atomic E-state index is 12.6. The van der Waals surface area contributed by atoms with Crippen LogP contribution in [0.3, 0.4) is 0 Å². The van der Waals surface area contributed by atoms with Crippen molar-refractivity contribution in [3.63, 3.8) is 0 Å². The highest BCUT2D eigenvalue weighted by molar-refractivity contribution is 9.10. The SMILES string of the molecule is Cc1ccc(N2CC(C)N(C)C(CC#N)C2=O)c(Br)c1. The van der Waals surface area contributed by atoms with Gasteiger partial charge in [-0.1, -0.05) is 6.07 Å². The van der Waals surface area contributed by atoms with Gasteiger partial charge in [0.05, 0.1) is 18.2 Å². The number of halogens is 1. The average Bonchev–Trinajstić information content (AvgIpc) is 2.40. The van der Waals surface area contributed by atoms with Gasteiger partial charge in [0.2, 0.25) is 5.91 Å². The molecule has 1 fully saturated rings. The van der Waals surface area contributed by atoms with E-state index in [2.05, 4.69) is 28.9 Å². The van der Waals surface area contributed by atoms with E-state index in [1.54, 1.807) is 4.90 Å². The number of hydrogen-bond acceptors (Lipinski definition) is 3. The third-order valence-corrected chi connectivity index (χ3v) is 4.50. The summed E-state index contributed by atoms with van der Waals surface area (Å²) in [6.07, 6.45) is 0.222. The van der Waals surface area contributed by atoms with Crippen LogP contribution in [0.4, 0.5) is 5.69 Å². The molecule has 0 aromatic heterocycles. The van der Waals surface area contributed by atoms with Crippen LogP contribution in [0.15, 0.2) is 22.7 Å². The van der Waals surface area contributed by atoms with E-state index >= 15 is 0 Å². The Kier molecular flexibility index (Phi) is 4.46. The standard InChI is InChI=1S/C15H18BrN3O/c1-10-4-5-13(12(16)8-10)19-9-11(2)18(3)14(6-7-17)15(19)20/h4-5,8,11,14H,6,9H2,1-3H3. The molecule has 1 aliphatic rings. The molecular weight excluding hydrogens is 318 g/mol. The van der Waals surface area contributed by atoms with Gasteiger partial charge in [-0.2, -0.15) is 5.26 Å². The Morgan fingerprint density at radius 2 is 2.20 bits per heavy atom. The van der Waals surface area contributed by atoms with Crippen molar-refractivity contribution in [2.45, 2.75) is 32.4 Å². The molecule has 0 aliphatic carbocycles. The number of amides is 1. The topological polar surface area (TPSA) is 47.3 Å². The third kappa shape index (κ3) is 2.72. The Morgan fingerprint density at radius 1 is 1.50 bits per heavy atom. The van der Waals surface area contributed by atoms with Crippen LogP contribution in [0.1, 0.15) is 18.9 Å². The molecule has 1 heterocycles. The minimum Gasteiger partial charge on any atom is -0.308 e. The zero-order valence-corrected chi connectivity index (χ0v) is 13.5. The monoisotopic (exact) mass is 335 g/mol. The molecule has 2 rings (SSSR count). The second kappa shape index (κ2) is 5.94. The Balaban J connectivity index is 2.36. The lowest BCUT2D eigenvalue weighted by atomic mass is 10.0. The van der Waals surface area contributed by atoms with Gasteiger partial charge in [-0.3, -0.25) is 9.69 Å². The lowest BCUT2D eigenvalue weighted by molar-refractivity contribution is -0.126. The molecule has 1 saturated heterocycles. The van der Waals surface area contributed by atoms with E-state index < -0.39 is 0 Å². The molecule has 0 bridgehead atoms. The quantitative estimate of drug-likeness (QED) is 0.834. The summed E-state index contributed by atoms with van der Waals surface area (Å²) in [7, 11) is 1.91. The molecule has 2 unspecified atom stereocenters. The molecule has 1 aromatic carbocycles. The highest BCUT2D eigenvalue weighted by Gasteiger charge is 2.37. The summed E-state index contributed by atoms with van der Waals surface area (Å²) < 4.78 is 0.915. The van der Waals surface area contributed by atoms with Crippen LogP contribution < -0.4 is 4.90 Å². The van der Waals surface area contributed by atoms with Crippen molar-refractivity contribution < 1.29 is 4.79 Å². The molecule has 1 aromatic rings. The maximum absolute atomic E-state index is 12.6. The molecule has 1 amide bonds. The summed E-state index contributed by atoms with van der Waals surface area (Å²) in [5, 5.41) is 8.93. The number of carbonyl (C=O) groups is 1. The summed E-state index contributed by atoms with van der Waals surface area (Å²) in [4.78, 5) is 16.4. The van der Waals surface area contributed by atoms with Gasteiger partial charge in [0.15, 0.2) is 0 Å². The number of benzene rings is 1. The van der Waals surface area contributed by atoms with Crippen LogP contribution in [-0.4, -0.2) is 36.5 Å². The molecule has 0 radical (unpaired) electrons. The number of likely N-dealkylation sites (N-methyl/N-ethyl adjacent to an activating group) is 1. The van der Waals surface area contributed by atoms with Crippen molar-refractivity contribution in [3.8, 4) is 6.07 Å². The number of nitriles is 1. The second-order valence-electron chi connectivity index (χ2n) is 5.30. The first kappa shape index (κ1) is 15.0. The van der Waals surface area contributed by atoms with Crippen LogP contribution in [0.2, 0.25) is 0 Å². The van der Waals surface area contributed by atoms with E-state index in [1.807, 2.05) is 37.1 Å². The molecule has 5 heteroatoms. The van der Waals surface area contributed by atoms with Gasteiger partial charge in [-0.05, 0) is 54.5 Å². The van der Waals surface area contributed by atoms with Crippen molar-refractivity contribution in [3.05, 3.63) is 28.2 Å². The number of hydrogen-bond donors (Lipinski definition) is 0. The van der Waals surface area contributed by atoms with E-state index in [1.165, 1.54) is 0 Å². The Hall–Kier alpha value is -1.38. The fraction of sp³-hybridized carbons (Fsp3) is 0.467. The first-order chi connectivity index (χ1) is 9.45. The lowest BCUT2D eigenvalue weighted by Crippen LogP contribution is -2.59. The molecule has 0 N–H and O–H groups in total. The van der Waals surface area contributed by atoms with Crippen molar-refractivity contribution in [1.29, 1.82) is 5.26 Å². The van der Waals surface area contributed by atoms with Crippen LogP contribution >= 0.6 is 15.9 Å². The first-order valence-corrected chi connectivity index (χ1v) is 7.41. The third-order valence-electron chi connectivity index (χ3n) is 3.86. The van der Waals surface area contributed by atoms with Gasteiger partial charge in [0.1, 0.15) is 6.04 Å². The van der Waals surface area contributed by atoms with Gasteiger partial charge in [-0.25, -0.2) is 0 Å². The van der Waals surface area contributed by atoms with Crippen molar-refractivity contribution >= 4 is 27.5 Å². The molecule has 20 heavy (non-hydrogen) atoms. The van der Waals surface area contributed by atoms with Crippen LogP contribution in [-0.2, 0) is 4.79 Å². The molecule has 106 valence electrons. The van der Waals surface area contributed by atoms with Gasteiger partial charge in [-0.15, -0.1) is 0 Å². The zero-order valence-electron chi connectivity index (χ0n) is 11.9. The lowest BCUT2D eigenvalue weighted by Gasteiger charge is -2.42. The van der Waals surface area contributed by atoms with Crippen molar-refractivity contribution in [2.75, 3.05) is 18.5 Å². The Morgan fingerprint density at radius 3 is 2.80 bits per heavy atom. The summed E-state index contributed by atoms with van der Waals surface area (Å²) in [5.41, 5.74) is 2.02. The molecule has 4 nitrogen and oxygen atoms in total. The zero-order chi connectivity index (χ0) is 14.9. The molecular formula is C15H18BrN3O. The Labute approximate surface area is 128 Å².